The molecule has 1 fully saturated rings. The topological polar surface area (TPSA) is 30.7 Å². The van der Waals surface area contributed by atoms with E-state index in [4.69, 9.17) is 11.6 Å². The second kappa shape index (κ2) is 4.60. The molecular weight excluding hydrogens is 234 g/mol. The number of nitrogens with zero attached hydrogens (tertiary/aromatic N) is 3. The largest absolute Gasteiger partial charge is 0.298 e. The SMILES string of the molecule is CC(C1CCCC1)n1c(Cl)nnc1C(C)(C)C. The van der Waals surface area contributed by atoms with E-state index >= 15 is 0 Å². The Morgan fingerprint density at radius 3 is 2.35 bits per heavy atom. The van der Waals surface area contributed by atoms with Crippen molar-refractivity contribution in [1.82, 2.24) is 14.8 Å². The Balaban J connectivity index is 2.33. The van der Waals surface area contributed by atoms with Crippen molar-refractivity contribution in [3.8, 4) is 0 Å². The van der Waals surface area contributed by atoms with Gasteiger partial charge in [0.2, 0.25) is 5.28 Å². The average Bonchev–Trinajstić information content (AvgIpc) is 2.83. The molecule has 1 aromatic rings. The molecule has 0 radical (unpaired) electrons. The number of rotatable bonds is 2. The fourth-order valence-electron chi connectivity index (χ4n) is 2.80. The van der Waals surface area contributed by atoms with Crippen LogP contribution in [0.2, 0.25) is 5.28 Å². The summed E-state index contributed by atoms with van der Waals surface area (Å²) in [5.74, 6) is 1.73. The van der Waals surface area contributed by atoms with Crippen LogP contribution in [-0.2, 0) is 5.41 Å². The Morgan fingerprint density at radius 1 is 1.24 bits per heavy atom. The molecule has 0 spiro atoms. The highest BCUT2D eigenvalue weighted by atomic mass is 35.5. The van der Waals surface area contributed by atoms with Gasteiger partial charge in [0.25, 0.3) is 0 Å². The fraction of sp³-hybridized carbons (Fsp3) is 0.846. The van der Waals surface area contributed by atoms with Gasteiger partial charge in [-0.1, -0.05) is 33.6 Å². The maximum absolute atomic E-state index is 6.21. The summed E-state index contributed by atoms with van der Waals surface area (Å²) >= 11 is 6.21. The number of hydrogen-bond acceptors (Lipinski definition) is 2. The van der Waals surface area contributed by atoms with Crippen LogP contribution in [0.1, 0.15) is 65.2 Å². The first-order valence-electron chi connectivity index (χ1n) is 6.52. The van der Waals surface area contributed by atoms with E-state index in [9.17, 15) is 0 Å². The van der Waals surface area contributed by atoms with Gasteiger partial charge in [0.1, 0.15) is 5.82 Å². The van der Waals surface area contributed by atoms with Crippen LogP contribution in [0.3, 0.4) is 0 Å². The predicted octanol–water partition coefficient (Wildman–Crippen LogP) is 3.98. The first kappa shape index (κ1) is 12.9. The van der Waals surface area contributed by atoms with Gasteiger partial charge < -0.3 is 0 Å². The Hall–Kier alpha value is -0.570. The third kappa shape index (κ3) is 2.49. The van der Waals surface area contributed by atoms with E-state index in [1.165, 1.54) is 25.7 Å². The van der Waals surface area contributed by atoms with Gasteiger partial charge in [0.15, 0.2) is 0 Å². The van der Waals surface area contributed by atoms with Gasteiger partial charge in [-0.3, -0.25) is 4.57 Å². The van der Waals surface area contributed by atoms with Gasteiger partial charge in [0.05, 0.1) is 0 Å². The molecule has 0 aromatic carbocycles. The standard InChI is InChI=1S/C13H22ClN3/c1-9(10-7-5-6-8-10)17-11(13(2,3)4)15-16-12(17)14/h9-10H,5-8H2,1-4H3. The monoisotopic (exact) mass is 255 g/mol. The normalized spacial score (nSPS) is 19.8. The average molecular weight is 256 g/mol. The first-order valence-corrected chi connectivity index (χ1v) is 6.90. The van der Waals surface area contributed by atoms with Crippen LogP contribution in [0.4, 0.5) is 0 Å². The zero-order valence-electron chi connectivity index (χ0n) is 11.2. The van der Waals surface area contributed by atoms with Crippen molar-refractivity contribution in [2.45, 2.75) is 64.8 Å². The van der Waals surface area contributed by atoms with Gasteiger partial charge in [-0.05, 0) is 37.3 Å². The molecule has 0 bridgehead atoms. The van der Waals surface area contributed by atoms with Gasteiger partial charge in [-0.15, -0.1) is 10.2 Å². The summed E-state index contributed by atoms with van der Waals surface area (Å²) in [5, 5.41) is 8.85. The molecule has 1 aliphatic carbocycles. The first-order chi connectivity index (χ1) is 7.91. The molecule has 1 aliphatic rings. The van der Waals surface area contributed by atoms with Crippen LogP contribution in [0, 0.1) is 5.92 Å². The maximum atomic E-state index is 6.21. The molecule has 96 valence electrons. The number of hydrogen-bond donors (Lipinski definition) is 0. The Kier molecular flexibility index (Phi) is 3.48. The van der Waals surface area contributed by atoms with Crippen LogP contribution in [-0.4, -0.2) is 14.8 Å². The lowest BCUT2D eigenvalue weighted by atomic mass is 9.93. The molecule has 0 amide bonds. The van der Waals surface area contributed by atoms with Crippen molar-refractivity contribution in [2.75, 3.05) is 0 Å². The van der Waals surface area contributed by atoms with Crippen LogP contribution in [0.5, 0.6) is 0 Å². The van der Waals surface area contributed by atoms with E-state index in [0.29, 0.717) is 11.3 Å². The van der Waals surface area contributed by atoms with Crippen LogP contribution < -0.4 is 0 Å². The Morgan fingerprint density at radius 2 is 1.82 bits per heavy atom. The van der Waals surface area contributed by atoms with E-state index < -0.39 is 0 Å². The Bertz CT molecular complexity index is 386. The summed E-state index contributed by atoms with van der Waals surface area (Å²) in [5.41, 5.74) is -0.00694. The molecule has 1 unspecified atom stereocenters. The van der Waals surface area contributed by atoms with Crippen molar-refractivity contribution in [3.63, 3.8) is 0 Å². The van der Waals surface area contributed by atoms with E-state index in [2.05, 4.69) is 42.5 Å². The molecule has 17 heavy (non-hydrogen) atoms. The summed E-state index contributed by atoms with van der Waals surface area (Å²) in [6, 6.07) is 0.411. The van der Waals surface area contributed by atoms with Crippen molar-refractivity contribution < 1.29 is 0 Å². The quantitative estimate of drug-likeness (QED) is 0.800. The van der Waals surface area contributed by atoms with Gasteiger partial charge >= 0.3 is 0 Å². The third-order valence-electron chi connectivity index (χ3n) is 3.81. The van der Waals surface area contributed by atoms with Crippen molar-refractivity contribution in [1.29, 1.82) is 0 Å². The third-order valence-corrected chi connectivity index (χ3v) is 4.07. The summed E-state index contributed by atoms with van der Waals surface area (Å²) < 4.78 is 2.14. The minimum Gasteiger partial charge on any atom is -0.298 e. The molecule has 3 nitrogen and oxygen atoms in total. The highest BCUT2D eigenvalue weighted by Crippen LogP contribution is 2.37. The molecule has 4 heteroatoms. The highest BCUT2D eigenvalue weighted by molar-refractivity contribution is 6.28. The van der Waals surface area contributed by atoms with Gasteiger partial charge in [-0.25, -0.2) is 0 Å². The van der Waals surface area contributed by atoms with Gasteiger partial charge in [-0.2, -0.15) is 0 Å². The summed E-state index contributed by atoms with van der Waals surface area (Å²) in [6.45, 7) is 8.72. The number of aromatic nitrogens is 3. The van der Waals surface area contributed by atoms with E-state index in [1.54, 1.807) is 0 Å². The smallest absolute Gasteiger partial charge is 0.225 e. The van der Waals surface area contributed by atoms with Gasteiger partial charge in [0, 0.05) is 11.5 Å². The van der Waals surface area contributed by atoms with Crippen LogP contribution in [0.15, 0.2) is 0 Å². The minimum atomic E-state index is -0.00694. The van der Waals surface area contributed by atoms with Crippen LogP contribution in [0.25, 0.3) is 0 Å². The molecule has 0 aliphatic heterocycles. The second-order valence-electron chi connectivity index (χ2n) is 6.20. The molecule has 2 rings (SSSR count). The molecule has 1 saturated carbocycles. The predicted molar refractivity (Wildman–Crippen MR) is 70.4 cm³/mol. The molecule has 1 atom stereocenters. The van der Waals surface area contributed by atoms with E-state index in [1.807, 2.05) is 0 Å². The lowest BCUT2D eigenvalue weighted by molar-refractivity contribution is 0.336. The molecule has 1 heterocycles. The summed E-state index contributed by atoms with van der Waals surface area (Å²) in [7, 11) is 0. The minimum absolute atomic E-state index is 0.00694. The maximum Gasteiger partial charge on any atom is 0.225 e. The second-order valence-corrected chi connectivity index (χ2v) is 6.54. The fourth-order valence-corrected chi connectivity index (χ4v) is 3.07. The zero-order chi connectivity index (χ0) is 12.6. The summed E-state index contributed by atoms with van der Waals surface area (Å²) in [4.78, 5) is 0. The van der Waals surface area contributed by atoms with Crippen LogP contribution >= 0.6 is 11.6 Å². The molecule has 0 N–H and O–H groups in total. The molecule has 1 aromatic heterocycles. The Labute approximate surface area is 109 Å². The van der Waals surface area contributed by atoms with Crippen molar-refractivity contribution in [2.24, 2.45) is 5.92 Å². The van der Waals surface area contributed by atoms with E-state index in [-0.39, 0.29) is 5.41 Å². The lowest BCUT2D eigenvalue weighted by Crippen LogP contribution is -2.24. The van der Waals surface area contributed by atoms with Crippen molar-refractivity contribution >= 4 is 11.6 Å². The summed E-state index contributed by atoms with van der Waals surface area (Å²) in [6.07, 6.45) is 5.30. The molecule has 0 saturated heterocycles. The van der Waals surface area contributed by atoms with Crippen molar-refractivity contribution in [3.05, 3.63) is 11.1 Å². The molecular formula is C13H22ClN3. The number of halogens is 1. The lowest BCUT2D eigenvalue weighted by Gasteiger charge is -2.26. The van der Waals surface area contributed by atoms with E-state index in [0.717, 1.165) is 11.7 Å². The zero-order valence-corrected chi connectivity index (χ0v) is 12.0. The highest BCUT2D eigenvalue weighted by Gasteiger charge is 2.30.